The highest BCUT2D eigenvalue weighted by atomic mass is 79.9. The number of rotatable bonds is 3. The molecule has 0 saturated carbocycles. The van der Waals surface area contributed by atoms with Gasteiger partial charge in [0.05, 0.1) is 0 Å². The summed E-state index contributed by atoms with van der Waals surface area (Å²) in [5, 5.41) is 2.31. The van der Waals surface area contributed by atoms with Gasteiger partial charge in [0.15, 0.2) is 0 Å². The van der Waals surface area contributed by atoms with Crippen LogP contribution >= 0.6 is 15.9 Å². The Balaban J connectivity index is 1.92. The van der Waals surface area contributed by atoms with Crippen LogP contribution in [0.25, 0.3) is 16.8 Å². The molecule has 0 amide bonds. The fourth-order valence-electron chi connectivity index (χ4n) is 2.12. The summed E-state index contributed by atoms with van der Waals surface area (Å²) >= 11 is 3.55. The Morgan fingerprint density at radius 1 is 1.00 bits per heavy atom. The molecule has 0 radical (unpaired) electrons. The van der Waals surface area contributed by atoms with Crippen molar-refractivity contribution in [1.29, 1.82) is 0 Å². The normalized spacial score (nSPS) is 11.1. The van der Waals surface area contributed by atoms with Gasteiger partial charge in [0.25, 0.3) is 0 Å². The molecule has 0 N–H and O–H groups in total. The predicted octanol–water partition coefficient (Wildman–Crippen LogP) is 4.89. The molecule has 2 aromatic carbocycles. The molecule has 1 heterocycles. The number of benzene rings is 2. The fourth-order valence-corrected chi connectivity index (χ4v) is 2.61. The van der Waals surface area contributed by atoms with E-state index in [4.69, 9.17) is 0 Å². The second-order valence-electron chi connectivity index (χ2n) is 4.63. The third-order valence-corrected chi connectivity index (χ3v) is 3.88. The SMILES string of the molecule is O=C(/C=C/c1cc2ccccc2cc1Br)c1ccccn1. The van der Waals surface area contributed by atoms with Gasteiger partial charge in [0.1, 0.15) is 5.69 Å². The monoisotopic (exact) mass is 337 g/mol. The number of carbonyl (C=O) groups excluding carboxylic acids is 1. The second kappa shape index (κ2) is 6.02. The average Bonchev–Trinajstić information content (AvgIpc) is 2.53. The highest BCUT2D eigenvalue weighted by Gasteiger charge is 2.03. The Kier molecular flexibility index (Phi) is 3.93. The van der Waals surface area contributed by atoms with E-state index in [-0.39, 0.29) is 5.78 Å². The first-order chi connectivity index (χ1) is 10.2. The maximum atomic E-state index is 12.0. The van der Waals surface area contributed by atoms with Gasteiger partial charge in [-0.2, -0.15) is 0 Å². The first kappa shape index (κ1) is 13.7. The molecule has 0 aliphatic heterocycles. The number of allylic oxidation sites excluding steroid dienone is 1. The van der Waals surface area contributed by atoms with Crippen molar-refractivity contribution in [2.45, 2.75) is 0 Å². The molecular weight excluding hydrogens is 326 g/mol. The van der Waals surface area contributed by atoms with Crippen LogP contribution in [0.2, 0.25) is 0 Å². The molecule has 0 unspecified atom stereocenters. The molecule has 0 atom stereocenters. The Labute approximate surface area is 131 Å². The summed E-state index contributed by atoms with van der Waals surface area (Å²) in [6, 6.07) is 17.5. The van der Waals surface area contributed by atoms with Crippen molar-refractivity contribution < 1.29 is 4.79 Å². The van der Waals surface area contributed by atoms with Crippen LogP contribution in [-0.2, 0) is 0 Å². The van der Waals surface area contributed by atoms with E-state index in [0.717, 1.165) is 20.8 Å². The lowest BCUT2D eigenvalue weighted by Crippen LogP contribution is -1.96. The maximum Gasteiger partial charge on any atom is 0.204 e. The van der Waals surface area contributed by atoms with E-state index >= 15 is 0 Å². The number of carbonyl (C=O) groups is 1. The highest BCUT2D eigenvalue weighted by molar-refractivity contribution is 9.10. The maximum absolute atomic E-state index is 12.0. The van der Waals surface area contributed by atoms with Gasteiger partial charge in [-0.05, 0) is 52.8 Å². The van der Waals surface area contributed by atoms with Crippen LogP contribution in [0.5, 0.6) is 0 Å². The minimum absolute atomic E-state index is 0.101. The van der Waals surface area contributed by atoms with Gasteiger partial charge in [-0.1, -0.05) is 46.3 Å². The van der Waals surface area contributed by atoms with Crippen molar-refractivity contribution in [3.63, 3.8) is 0 Å². The fraction of sp³-hybridized carbons (Fsp3) is 0. The average molecular weight is 338 g/mol. The Hall–Kier alpha value is -2.26. The van der Waals surface area contributed by atoms with Gasteiger partial charge >= 0.3 is 0 Å². The molecule has 21 heavy (non-hydrogen) atoms. The van der Waals surface area contributed by atoms with Gasteiger partial charge < -0.3 is 0 Å². The molecule has 3 rings (SSSR count). The lowest BCUT2D eigenvalue weighted by molar-refractivity contribution is 0.104. The molecule has 0 bridgehead atoms. The summed E-state index contributed by atoms with van der Waals surface area (Å²) in [5.74, 6) is -0.101. The number of aromatic nitrogens is 1. The number of pyridine rings is 1. The van der Waals surface area contributed by atoms with E-state index in [2.05, 4.69) is 45.2 Å². The van der Waals surface area contributed by atoms with Crippen molar-refractivity contribution in [2.24, 2.45) is 0 Å². The number of hydrogen-bond acceptors (Lipinski definition) is 2. The molecule has 102 valence electrons. The van der Waals surface area contributed by atoms with Crippen molar-refractivity contribution in [1.82, 2.24) is 4.98 Å². The molecule has 0 aliphatic carbocycles. The van der Waals surface area contributed by atoms with Crippen LogP contribution < -0.4 is 0 Å². The summed E-state index contributed by atoms with van der Waals surface area (Å²) < 4.78 is 0.964. The van der Waals surface area contributed by atoms with E-state index in [0.29, 0.717) is 5.69 Å². The Morgan fingerprint density at radius 3 is 2.43 bits per heavy atom. The number of fused-ring (bicyclic) bond motifs is 1. The van der Waals surface area contributed by atoms with Crippen LogP contribution in [0.1, 0.15) is 16.1 Å². The number of ketones is 1. The molecule has 3 heteroatoms. The summed E-state index contributed by atoms with van der Waals surface area (Å²) in [5.41, 5.74) is 1.42. The lowest BCUT2D eigenvalue weighted by atomic mass is 10.1. The van der Waals surface area contributed by atoms with Crippen molar-refractivity contribution >= 4 is 38.6 Å². The van der Waals surface area contributed by atoms with E-state index in [9.17, 15) is 4.79 Å². The van der Waals surface area contributed by atoms with Crippen LogP contribution in [-0.4, -0.2) is 10.8 Å². The van der Waals surface area contributed by atoms with Gasteiger partial charge in [-0.25, -0.2) is 0 Å². The first-order valence-corrected chi connectivity index (χ1v) is 7.35. The molecule has 0 fully saturated rings. The Morgan fingerprint density at radius 2 is 1.71 bits per heavy atom. The van der Waals surface area contributed by atoms with Gasteiger partial charge in [0, 0.05) is 10.7 Å². The molecule has 1 aromatic heterocycles. The zero-order valence-corrected chi connectivity index (χ0v) is 12.7. The minimum atomic E-state index is -0.101. The van der Waals surface area contributed by atoms with Crippen molar-refractivity contribution in [3.8, 4) is 0 Å². The summed E-state index contributed by atoms with van der Waals surface area (Å²) in [7, 11) is 0. The molecule has 0 aliphatic rings. The van der Waals surface area contributed by atoms with E-state index < -0.39 is 0 Å². The number of halogens is 1. The summed E-state index contributed by atoms with van der Waals surface area (Å²) in [6.07, 6.45) is 4.98. The van der Waals surface area contributed by atoms with Gasteiger partial charge in [0.2, 0.25) is 5.78 Å². The topological polar surface area (TPSA) is 30.0 Å². The summed E-state index contributed by atoms with van der Waals surface area (Å²) in [4.78, 5) is 16.1. The second-order valence-corrected chi connectivity index (χ2v) is 5.49. The smallest absolute Gasteiger partial charge is 0.204 e. The van der Waals surface area contributed by atoms with E-state index in [1.807, 2.05) is 18.2 Å². The molecular formula is C18H12BrNO. The third-order valence-electron chi connectivity index (χ3n) is 3.20. The summed E-state index contributed by atoms with van der Waals surface area (Å²) in [6.45, 7) is 0. The predicted molar refractivity (Wildman–Crippen MR) is 89.2 cm³/mol. The molecule has 3 aromatic rings. The largest absolute Gasteiger partial charge is 0.288 e. The molecule has 0 saturated heterocycles. The Bertz CT molecular complexity index is 825. The van der Waals surface area contributed by atoms with Crippen LogP contribution in [0, 0.1) is 0 Å². The van der Waals surface area contributed by atoms with Gasteiger partial charge in [-0.15, -0.1) is 0 Å². The minimum Gasteiger partial charge on any atom is -0.288 e. The van der Waals surface area contributed by atoms with Crippen molar-refractivity contribution in [3.05, 3.63) is 82.6 Å². The third kappa shape index (κ3) is 3.09. The molecule has 0 spiro atoms. The first-order valence-electron chi connectivity index (χ1n) is 6.56. The quantitative estimate of drug-likeness (QED) is 0.503. The number of nitrogens with zero attached hydrogens (tertiary/aromatic N) is 1. The van der Waals surface area contributed by atoms with E-state index in [1.54, 1.807) is 30.5 Å². The lowest BCUT2D eigenvalue weighted by Gasteiger charge is -2.03. The molecule has 2 nitrogen and oxygen atoms in total. The van der Waals surface area contributed by atoms with Crippen molar-refractivity contribution in [2.75, 3.05) is 0 Å². The number of hydrogen-bond donors (Lipinski definition) is 0. The van der Waals surface area contributed by atoms with Gasteiger partial charge in [-0.3, -0.25) is 9.78 Å². The highest BCUT2D eigenvalue weighted by Crippen LogP contribution is 2.25. The standard InChI is InChI=1S/C18H12BrNO/c19-16-12-14-6-2-1-5-13(14)11-15(16)8-9-18(21)17-7-3-4-10-20-17/h1-12H/b9-8+. The van der Waals surface area contributed by atoms with Crippen LogP contribution in [0.3, 0.4) is 0 Å². The van der Waals surface area contributed by atoms with Crippen LogP contribution in [0.4, 0.5) is 0 Å². The van der Waals surface area contributed by atoms with E-state index in [1.165, 1.54) is 0 Å². The zero-order valence-electron chi connectivity index (χ0n) is 11.2. The van der Waals surface area contributed by atoms with Crippen LogP contribution in [0.15, 0.2) is 71.3 Å². The zero-order chi connectivity index (χ0) is 14.7.